The van der Waals surface area contributed by atoms with E-state index in [4.69, 9.17) is 15.7 Å². The number of rotatable bonds is 6. The summed E-state index contributed by atoms with van der Waals surface area (Å²) >= 11 is 1.55. The lowest BCUT2D eigenvalue weighted by molar-refractivity contribution is 0.318. The summed E-state index contributed by atoms with van der Waals surface area (Å²) in [5, 5.41) is 12.3. The van der Waals surface area contributed by atoms with Crippen molar-refractivity contribution in [3.05, 3.63) is 47.8 Å². The molecule has 0 aliphatic rings. The predicted octanol–water partition coefficient (Wildman–Crippen LogP) is 2.05. The maximum Gasteiger partial charge on any atom is 0.187 e. The maximum atomic E-state index is 8.58. The van der Waals surface area contributed by atoms with Gasteiger partial charge in [-0.3, -0.25) is 0 Å². The van der Waals surface area contributed by atoms with E-state index in [0.29, 0.717) is 12.2 Å². The van der Waals surface area contributed by atoms with Gasteiger partial charge in [0.05, 0.1) is 6.61 Å². The van der Waals surface area contributed by atoms with Crippen LogP contribution >= 0.6 is 11.8 Å². The fraction of sp³-hybridized carbons (Fsp3) is 0.214. The Bertz CT molecular complexity index is 617. The van der Waals surface area contributed by atoms with E-state index in [1.807, 2.05) is 13.0 Å². The van der Waals surface area contributed by atoms with Crippen molar-refractivity contribution in [2.45, 2.75) is 12.1 Å². The first-order valence-electron chi connectivity index (χ1n) is 6.32. The van der Waals surface area contributed by atoms with E-state index in [1.165, 1.54) is 0 Å². The van der Waals surface area contributed by atoms with Gasteiger partial charge in [0.15, 0.2) is 11.0 Å². The zero-order chi connectivity index (χ0) is 15.1. The summed E-state index contributed by atoms with van der Waals surface area (Å²) in [7, 11) is 0. The van der Waals surface area contributed by atoms with Crippen LogP contribution in [0, 0.1) is 6.92 Å². The molecule has 0 aliphatic carbocycles. The molecule has 1 heterocycles. The van der Waals surface area contributed by atoms with Gasteiger partial charge in [0.1, 0.15) is 5.75 Å². The first-order valence-corrected chi connectivity index (χ1v) is 7.31. The molecule has 0 fully saturated rings. The standard InChI is InChI=1S/C14H16N4O2S/c1-10-6-7-16-14(17-10)21-9-8-20-12-4-2-11(3-5-12)13(15)18-19/h2-7,19H,8-9H2,1H3,(H2,15,18). The lowest BCUT2D eigenvalue weighted by Crippen LogP contribution is -2.12. The second-order valence-electron chi connectivity index (χ2n) is 4.19. The Morgan fingerprint density at radius 1 is 1.33 bits per heavy atom. The van der Waals surface area contributed by atoms with Crippen LogP contribution in [0.5, 0.6) is 5.75 Å². The normalized spacial score (nSPS) is 11.4. The van der Waals surface area contributed by atoms with Crippen molar-refractivity contribution in [2.75, 3.05) is 12.4 Å². The number of oxime groups is 1. The summed E-state index contributed by atoms with van der Waals surface area (Å²) in [5.41, 5.74) is 7.08. The van der Waals surface area contributed by atoms with E-state index < -0.39 is 0 Å². The van der Waals surface area contributed by atoms with Gasteiger partial charge in [0, 0.05) is 23.2 Å². The van der Waals surface area contributed by atoms with Gasteiger partial charge in [-0.25, -0.2) is 9.97 Å². The topological polar surface area (TPSA) is 93.6 Å². The highest BCUT2D eigenvalue weighted by molar-refractivity contribution is 7.99. The van der Waals surface area contributed by atoms with Crippen molar-refractivity contribution < 1.29 is 9.94 Å². The van der Waals surface area contributed by atoms with Gasteiger partial charge < -0.3 is 15.7 Å². The lowest BCUT2D eigenvalue weighted by atomic mass is 10.2. The molecule has 7 heteroatoms. The Labute approximate surface area is 127 Å². The fourth-order valence-corrected chi connectivity index (χ4v) is 2.26. The van der Waals surface area contributed by atoms with E-state index in [1.54, 1.807) is 42.2 Å². The van der Waals surface area contributed by atoms with Gasteiger partial charge >= 0.3 is 0 Å². The van der Waals surface area contributed by atoms with Crippen LogP contribution < -0.4 is 10.5 Å². The van der Waals surface area contributed by atoms with Crippen LogP contribution in [0.25, 0.3) is 0 Å². The molecule has 0 unspecified atom stereocenters. The lowest BCUT2D eigenvalue weighted by Gasteiger charge is -2.06. The second kappa shape index (κ2) is 7.49. The van der Waals surface area contributed by atoms with Gasteiger partial charge in [-0.2, -0.15) is 0 Å². The average molecular weight is 304 g/mol. The number of thioether (sulfide) groups is 1. The molecular formula is C14H16N4O2S. The van der Waals surface area contributed by atoms with Gasteiger partial charge in [0.2, 0.25) is 0 Å². The van der Waals surface area contributed by atoms with Gasteiger partial charge in [-0.05, 0) is 37.3 Å². The third-order valence-electron chi connectivity index (χ3n) is 2.61. The van der Waals surface area contributed by atoms with Crippen LogP contribution in [-0.2, 0) is 0 Å². The van der Waals surface area contributed by atoms with E-state index >= 15 is 0 Å². The zero-order valence-corrected chi connectivity index (χ0v) is 12.4. The number of aromatic nitrogens is 2. The third-order valence-corrected chi connectivity index (χ3v) is 3.44. The number of nitrogens with zero attached hydrogens (tertiary/aromatic N) is 3. The molecule has 0 bridgehead atoms. The first-order chi connectivity index (χ1) is 10.2. The Balaban J connectivity index is 1.78. The Kier molecular flexibility index (Phi) is 5.39. The van der Waals surface area contributed by atoms with Crippen LogP contribution in [0.4, 0.5) is 0 Å². The third kappa shape index (κ3) is 4.64. The summed E-state index contributed by atoms with van der Waals surface area (Å²) in [6.07, 6.45) is 1.75. The SMILES string of the molecule is Cc1ccnc(SCCOc2ccc(C(N)=NO)cc2)n1. The minimum atomic E-state index is 0.0775. The van der Waals surface area contributed by atoms with Crippen LogP contribution in [0.3, 0.4) is 0 Å². The molecule has 2 rings (SSSR count). The van der Waals surface area contributed by atoms with Crippen LogP contribution in [0.1, 0.15) is 11.3 Å². The van der Waals surface area contributed by atoms with Crippen molar-refractivity contribution in [3.8, 4) is 5.75 Å². The number of hydrogen-bond donors (Lipinski definition) is 2. The molecular weight excluding hydrogens is 288 g/mol. The zero-order valence-electron chi connectivity index (χ0n) is 11.6. The Morgan fingerprint density at radius 3 is 2.76 bits per heavy atom. The molecule has 3 N–H and O–H groups in total. The molecule has 0 spiro atoms. The minimum Gasteiger partial charge on any atom is -0.493 e. The van der Waals surface area contributed by atoms with Crippen molar-refractivity contribution in [1.82, 2.24) is 9.97 Å². The number of ether oxygens (including phenoxy) is 1. The van der Waals surface area contributed by atoms with Crippen molar-refractivity contribution in [2.24, 2.45) is 10.9 Å². The van der Waals surface area contributed by atoms with E-state index in [2.05, 4.69) is 15.1 Å². The molecule has 0 saturated heterocycles. The van der Waals surface area contributed by atoms with Gasteiger partial charge in [0.25, 0.3) is 0 Å². The molecule has 0 aliphatic heterocycles. The number of benzene rings is 1. The molecule has 0 saturated carbocycles. The van der Waals surface area contributed by atoms with Crippen molar-refractivity contribution >= 4 is 17.6 Å². The maximum absolute atomic E-state index is 8.58. The number of nitrogens with two attached hydrogens (primary N) is 1. The highest BCUT2D eigenvalue weighted by Gasteiger charge is 2.01. The summed E-state index contributed by atoms with van der Waals surface area (Å²) in [6.45, 7) is 2.48. The minimum absolute atomic E-state index is 0.0775. The quantitative estimate of drug-likeness (QED) is 0.161. The van der Waals surface area contributed by atoms with Crippen molar-refractivity contribution in [1.29, 1.82) is 0 Å². The molecule has 0 atom stereocenters. The average Bonchev–Trinajstić information content (AvgIpc) is 2.51. The van der Waals surface area contributed by atoms with Crippen LogP contribution in [0.2, 0.25) is 0 Å². The number of amidine groups is 1. The monoisotopic (exact) mass is 304 g/mol. The molecule has 110 valence electrons. The van der Waals surface area contributed by atoms with Gasteiger partial charge in [-0.15, -0.1) is 0 Å². The second-order valence-corrected chi connectivity index (χ2v) is 5.25. The van der Waals surface area contributed by atoms with Crippen LogP contribution in [0.15, 0.2) is 46.8 Å². The first kappa shape index (κ1) is 15.1. The highest BCUT2D eigenvalue weighted by Crippen LogP contribution is 2.15. The molecule has 1 aromatic carbocycles. The highest BCUT2D eigenvalue weighted by atomic mass is 32.2. The predicted molar refractivity (Wildman–Crippen MR) is 81.9 cm³/mol. The summed E-state index contributed by atoms with van der Waals surface area (Å²) in [5.74, 6) is 1.56. The van der Waals surface area contributed by atoms with Crippen molar-refractivity contribution in [3.63, 3.8) is 0 Å². The molecule has 1 aromatic heterocycles. The smallest absolute Gasteiger partial charge is 0.187 e. The molecule has 6 nitrogen and oxygen atoms in total. The van der Waals surface area contributed by atoms with E-state index in [9.17, 15) is 0 Å². The molecule has 0 amide bonds. The summed E-state index contributed by atoms with van der Waals surface area (Å²) in [6, 6.07) is 8.90. The summed E-state index contributed by atoms with van der Waals surface area (Å²) in [4.78, 5) is 8.47. The summed E-state index contributed by atoms with van der Waals surface area (Å²) < 4.78 is 5.61. The fourth-order valence-electron chi connectivity index (χ4n) is 1.57. The van der Waals surface area contributed by atoms with Gasteiger partial charge in [-0.1, -0.05) is 16.9 Å². The van der Waals surface area contributed by atoms with Crippen LogP contribution in [-0.4, -0.2) is 33.4 Å². The Hall–Kier alpha value is -2.28. The molecule has 2 aromatic rings. The molecule has 21 heavy (non-hydrogen) atoms. The van der Waals surface area contributed by atoms with E-state index in [-0.39, 0.29) is 5.84 Å². The molecule has 0 radical (unpaired) electrons. The number of hydrogen-bond acceptors (Lipinski definition) is 6. The number of aryl methyl sites for hydroxylation is 1. The largest absolute Gasteiger partial charge is 0.493 e. The Morgan fingerprint density at radius 2 is 2.10 bits per heavy atom. The van der Waals surface area contributed by atoms with E-state index in [0.717, 1.165) is 22.4 Å².